The number of allylic oxidation sites excluding steroid dienone is 5. The lowest BCUT2D eigenvalue weighted by Crippen LogP contribution is -2.06. The fraction of sp³-hybridized carbons (Fsp3) is 0.520. The van der Waals surface area contributed by atoms with Crippen LogP contribution >= 0.6 is 0 Å². The number of aliphatic hydroxyl groups excluding tert-OH is 2. The van der Waals surface area contributed by atoms with Crippen LogP contribution in [0.25, 0.3) is 0 Å². The Morgan fingerprint density at radius 2 is 1.81 bits per heavy atom. The molecule has 170 valence electrons. The summed E-state index contributed by atoms with van der Waals surface area (Å²) in [6, 6.07) is 0. The van der Waals surface area contributed by atoms with Crippen LogP contribution in [0.5, 0.6) is 0 Å². The highest BCUT2D eigenvalue weighted by molar-refractivity contribution is 5.93. The van der Waals surface area contributed by atoms with Gasteiger partial charge in [-0.1, -0.05) is 30.2 Å². The summed E-state index contributed by atoms with van der Waals surface area (Å²) in [5, 5.41) is 19.1. The minimum atomic E-state index is -1.09. The van der Waals surface area contributed by atoms with E-state index in [0.29, 0.717) is 12.0 Å². The second-order valence-corrected chi connectivity index (χ2v) is 8.43. The van der Waals surface area contributed by atoms with Gasteiger partial charge >= 0.3 is 11.9 Å². The van der Waals surface area contributed by atoms with Gasteiger partial charge in [0.15, 0.2) is 11.5 Å². The van der Waals surface area contributed by atoms with E-state index in [2.05, 4.69) is 37.7 Å². The lowest BCUT2D eigenvalue weighted by molar-refractivity contribution is -0.151. The van der Waals surface area contributed by atoms with Crippen LogP contribution in [0.15, 0.2) is 58.1 Å². The fourth-order valence-corrected chi connectivity index (χ4v) is 3.53. The highest BCUT2D eigenvalue weighted by Gasteiger charge is 2.26. The van der Waals surface area contributed by atoms with Crippen molar-refractivity contribution < 1.29 is 29.3 Å². The monoisotopic (exact) mass is 430 g/mol. The third-order valence-electron chi connectivity index (χ3n) is 5.54. The summed E-state index contributed by atoms with van der Waals surface area (Å²) in [6.45, 7) is 7.85. The van der Waals surface area contributed by atoms with Gasteiger partial charge in [-0.3, -0.25) is 0 Å². The van der Waals surface area contributed by atoms with Gasteiger partial charge in [0.2, 0.25) is 6.29 Å². The highest BCUT2D eigenvalue weighted by atomic mass is 16.6. The molecule has 0 fully saturated rings. The van der Waals surface area contributed by atoms with E-state index in [0.717, 1.165) is 38.5 Å². The molecule has 31 heavy (non-hydrogen) atoms. The minimum Gasteiger partial charge on any atom is -0.504 e. The number of ether oxygens (including phenoxy) is 2. The van der Waals surface area contributed by atoms with Crippen molar-refractivity contribution in [1.82, 2.24) is 0 Å². The van der Waals surface area contributed by atoms with Crippen LogP contribution in [0.4, 0.5) is 0 Å². The van der Waals surface area contributed by atoms with Crippen LogP contribution in [0.3, 0.4) is 0 Å². The maximum atomic E-state index is 11.4. The van der Waals surface area contributed by atoms with Gasteiger partial charge in [-0.05, 0) is 83.8 Å². The molecule has 0 spiro atoms. The number of hydrogen-bond donors (Lipinski definition) is 2. The van der Waals surface area contributed by atoms with Crippen molar-refractivity contribution in [3.63, 3.8) is 0 Å². The summed E-state index contributed by atoms with van der Waals surface area (Å²) in [7, 11) is 0. The Morgan fingerprint density at radius 1 is 1.13 bits per heavy atom. The Morgan fingerprint density at radius 3 is 2.42 bits per heavy atom. The van der Waals surface area contributed by atoms with Gasteiger partial charge in [0.25, 0.3) is 0 Å². The molecule has 0 bridgehead atoms. The molecule has 2 heterocycles. The molecule has 2 atom stereocenters. The Hall–Kier alpha value is -2.60. The van der Waals surface area contributed by atoms with Crippen LogP contribution < -0.4 is 0 Å². The zero-order chi connectivity index (χ0) is 23.0. The lowest BCUT2D eigenvalue weighted by Gasteiger charge is -2.08. The molecule has 2 N–H and O–H groups in total. The molecule has 0 aliphatic carbocycles. The van der Waals surface area contributed by atoms with Crippen molar-refractivity contribution in [1.29, 1.82) is 0 Å². The summed E-state index contributed by atoms with van der Waals surface area (Å²) in [4.78, 5) is 22.9. The lowest BCUT2D eigenvalue weighted by atomic mass is 9.99. The van der Waals surface area contributed by atoms with Gasteiger partial charge in [0.05, 0.1) is 5.57 Å². The maximum absolute atomic E-state index is 11.4. The Balaban J connectivity index is 1.64. The number of carbonyl (C=O) groups is 2. The van der Waals surface area contributed by atoms with Crippen molar-refractivity contribution >= 4 is 11.9 Å². The molecule has 6 nitrogen and oxygen atoms in total. The summed E-state index contributed by atoms with van der Waals surface area (Å²) in [5.41, 5.74) is 3.44. The van der Waals surface area contributed by atoms with Crippen LogP contribution in [0.2, 0.25) is 0 Å². The first-order valence-corrected chi connectivity index (χ1v) is 10.9. The van der Waals surface area contributed by atoms with Crippen molar-refractivity contribution in [3.05, 3.63) is 58.1 Å². The molecule has 6 heteroatoms. The molecule has 0 radical (unpaired) electrons. The molecule has 0 aromatic rings. The first-order valence-electron chi connectivity index (χ1n) is 10.9. The number of rotatable bonds is 11. The van der Waals surface area contributed by atoms with Gasteiger partial charge in [-0.25, -0.2) is 9.59 Å². The molecule has 2 aliphatic rings. The van der Waals surface area contributed by atoms with E-state index in [-0.39, 0.29) is 23.0 Å². The van der Waals surface area contributed by atoms with Gasteiger partial charge in [0, 0.05) is 5.57 Å². The summed E-state index contributed by atoms with van der Waals surface area (Å²) < 4.78 is 9.75. The number of hydrogen-bond acceptors (Lipinski definition) is 6. The summed E-state index contributed by atoms with van der Waals surface area (Å²) >= 11 is 0. The third kappa shape index (κ3) is 7.87. The maximum Gasteiger partial charge on any atom is 0.343 e. The van der Waals surface area contributed by atoms with E-state index in [9.17, 15) is 19.8 Å². The third-order valence-corrected chi connectivity index (χ3v) is 5.54. The molecule has 0 aromatic heterocycles. The smallest absolute Gasteiger partial charge is 0.343 e. The number of esters is 2. The van der Waals surface area contributed by atoms with Gasteiger partial charge in [-0.2, -0.15) is 0 Å². The SMILES string of the molecule is CC1=C(O)/C(=C/C(C)CCC/C(C)=C/CC/C(C)=C/CCC2=CC(O)OC2=O)OC1=O. The molecule has 0 saturated carbocycles. The molecule has 0 aromatic carbocycles. The van der Waals surface area contributed by atoms with E-state index >= 15 is 0 Å². The molecular formula is C25H34O6. The highest BCUT2D eigenvalue weighted by Crippen LogP contribution is 2.26. The topological polar surface area (TPSA) is 93.1 Å². The van der Waals surface area contributed by atoms with Crippen LogP contribution in [-0.4, -0.2) is 28.4 Å². The number of cyclic esters (lactones) is 2. The zero-order valence-corrected chi connectivity index (χ0v) is 18.9. The predicted molar refractivity (Wildman–Crippen MR) is 119 cm³/mol. The summed E-state index contributed by atoms with van der Waals surface area (Å²) in [6.07, 6.45) is 12.9. The van der Waals surface area contributed by atoms with E-state index in [4.69, 9.17) is 4.74 Å². The van der Waals surface area contributed by atoms with Crippen molar-refractivity contribution in [2.75, 3.05) is 0 Å². The number of aliphatic hydroxyl groups is 2. The van der Waals surface area contributed by atoms with E-state index in [1.165, 1.54) is 17.2 Å². The second kappa shape index (κ2) is 11.7. The number of carbonyl (C=O) groups excluding carboxylic acids is 2. The summed E-state index contributed by atoms with van der Waals surface area (Å²) in [5.74, 6) is -0.455. The molecule has 0 saturated heterocycles. The van der Waals surface area contributed by atoms with Crippen molar-refractivity contribution in [3.8, 4) is 0 Å². The van der Waals surface area contributed by atoms with Crippen molar-refractivity contribution in [2.24, 2.45) is 5.92 Å². The van der Waals surface area contributed by atoms with Gasteiger partial charge in [-0.15, -0.1) is 0 Å². The minimum absolute atomic E-state index is 0.0474. The Bertz CT molecular complexity index is 840. The molecular weight excluding hydrogens is 396 g/mol. The largest absolute Gasteiger partial charge is 0.504 e. The molecule has 2 rings (SSSR count). The second-order valence-electron chi connectivity index (χ2n) is 8.43. The standard InChI is InChI=1S/C25H34O6/c1-16(10-6-12-18(3)14-21-23(27)19(4)24(28)30-21)8-5-9-17(2)11-7-13-20-15-22(26)31-25(20)29/h8,11,14-15,18,22,26-27H,5-7,9-10,12-13H2,1-4H3/b16-8+,17-11+,21-14-. The van der Waals surface area contributed by atoms with E-state index in [1.54, 1.807) is 6.92 Å². The molecule has 2 unspecified atom stereocenters. The van der Waals surface area contributed by atoms with Gasteiger partial charge in [0.1, 0.15) is 0 Å². The van der Waals surface area contributed by atoms with Crippen LogP contribution in [-0.2, 0) is 19.1 Å². The zero-order valence-electron chi connectivity index (χ0n) is 18.9. The van der Waals surface area contributed by atoms with Crippen molar-refractivity contribution in [2.45, 2.75) is 78.9 Å². The first-order chi connectivity index (χ1) is 14.7. The normalized spacial score (nSPS) is 22.2. The quantitative estimate of drug-likeness (QED) is 0.340. The first kappa shape index (κ1) is 24.7. The average molecular weight is 431 g/mol. The molecule has 2 aliphatic heterocycles. The van der Waals surface area contributed by atoms with Crippen LogP contribution in [0.1, 0.15) is 72.6 Å². The van der Waals surface area contributed by atoms with E-state index < -0.39 is 18.2 Å². The van der Waals surface area contributed by atoms with Crippen LogP contribution in [0, 0.1) is 5.92 Å². The predicted octanol–water partition coefficient (Wildman–Crippen LogP) is 5.32. The van der Waals surface area contributed by atoms with E-state index in [1.807, 2.05) is 6.08 Å². The average Bonchev–Trinajstić information content (AvgIpc) is 3.14. The Kier molecular flexibility index (Phi) is 9.31. The fourth-order valence-electron chi connectivity index (χ4n) is 3.53. The van der Waals surface area contributed by atoms with Gasteiger partial charge < -0.3 is 19.7 Å². The Labute approximate surface area is 184 Å². The molecule has 0 amide bonds.